The molecule has 0 fully saturated rings. The molecule has 1 aromatic heterocycles. The predicted molar refractivity (Wildman–Crippen MR) is 118 cm³/mol. The van der Waals surface area contributed by atoms with Crippen molar-refractivity contribution < 1.29 is 9.59 Å². The van der Waals surface area contributed by atoms with E-state index < -0.39 is 0 Å². The van der Waals surface area contributed by atoms with Gasteiger partial charge >= 0.3 is 0 Å². The Bertz CT molecular complexity index is 1060. The summed E-state index contributed by atoms with van der Waals surface area (Å²) in [7, 11) is 1.78. The molecule has 0 radical (unpaired) electrons. The first-order valence-electron chi connectivity index (χ1n) is 8.38. The van der Waals surface area contributed by atoms with Crippen LogP contribution in [0.25, 0.3) is 0 Å². The van der Waals surface area contributed by atoms with Crippen molar-refractivity contribution in [3.63, 3.8) is 0 Å². The monoisotopic (exact) mass is 512 g/mol. The van der Waals surface area contributed by atoms with Gasteiger partial charge in [-0.2, -0.15) is 0 Å². The van der Waals surface area contributed by atoms with Crippen LogP contribution in [0.1, 0.15) is 26.5 Å². The summed E-state index contributed by atoms with van der Waals surface area (Å²) in [5, 5.41) is 12.2. The zero-order valence-corrected chi connectivity index (χ0v) is 19.1. The summed E-state index contributed by atoms with van der Waals surface area (Å²) in [6.45, 7) is 0.184. The summed E-state index contributed by atoms with van der Waals surface area (Å²) in [6.07, 6.45) is 0. The molecule has 1 heterocycles. The maximum Gasteiger partial charge on any atom is 0.251 e. The second-order valence-electron chi connectivity index (χ2n) is 5.99. The lowest BCUT2D eigenvalue weighted by molar-refractivity contribution is 0.0948. The quantitative estimate of drug-likeness (QED) is 0.363. The lowest BCUT2D eigenvalue weighted by atomic mass is 10.2. The van der Waals surface area contributed by atoms with Gasteiger partial charge < -0.3 is 9.88 Å². The smallest absolute Gasteiger partial charge is 0.251 e. The number of amides is 1. The third-order valence-electron chi connectivity index (χ3n) is 4.01. The van der Waals surface area contributed by atoms with E-state index in [2.05, 4.69) is 31.4 Å². The minimum absolute atomic E-state index is 0.0000279. The summed E-state index contributed by atoms with van der Waals surface area (Å²) in [4.78, 5) is 24.6. The standard InChI is InChI=1S/C19H15BrCl2N4O2S/c1-26-17(9-23-18(28)12-4-7-14(21)15(22)8-12)24-25-19(26)29-10-16(27)11-2-5-13(20)6-3-11/h2-8H,9-10H2,1H3,(H,23,28). The van der Waals surface area contributed by atoms with Crippen LogP contribution in [0.15, 0.2) is 52.1 Å². The van der Waals surface area contributed by atoms with Crippen molar-refractivity contribution in [1.29, 1.82) is 0 Å². The Morgan fingerprint density at radius 1 is 1.07 bits per heavy atom. The van der Waals surface area contributed by atoms with Crippen LogP contribution in [0.4, 0.5) is 0 Å². The third-order valence-corrected chi connectivity index (χ3v) is 6.30. The van der Waals surface area contributed by atoms with Gasteiger partial charge in [-0.1, -0.05) is 63.0 Å². The van der Waals surface area contributed by atoms with Crippen molar-refractivity contribution in [2.24, 2.45) is 7.05 Å². The average Bonchev–Trinajstić information content (AvgIpc) is 3.06. The van der Waals surface area contributed by atoms with E-state index in [4.69, 9.17) is 23.2 Å². The third kappa shape index (κ3) is 5.60. The van der Waals surface area contributed by atoms with Crippen LogP contribution in [-0.2, 0) is 13.6 Å². The average molecular weight is 514 g/mol. The summed E-state index contributed by atoms with van der Waals surface area (Å²) in [5.74, 6) is 0.506. The molecule has 0 atom stereocenters. The highest BCUT2D eigenvalue weighted by Crippen LogP contribution is 2.23. The minimum atomic E-state index is -0.300. The van der Waals surface area contributed by atoms with Crippen LogP contribution in [0.2, 0.25) is 10.0 Å². The Balaban J connectivity index is 1.57. The molecule has 3 rings (SSSR count). The number of thioether (sulfide) groups is 1. The molecule has 6 nitrogen and oxygen atoms in total. The summed E-state index contributed by atoms with van der Waals surface area (Å²) in [6, 6.07) is 11.9. The highest BCUT2D eigenvalue weighted by molar-refractivity contribution is 9.10. The number of benzene rings is 2. The maximum atomic E-state index is 12.3. The van der Waals surface area contributed by atoms with E-state index in [-0.39, 0.29) is 24.0 Å². The number of carbonyl (C=O) groups is 2. The Morgan fingerprint density at radius 2 is 1.76 bits per heavy atom. The van der Waals surface area contributed by atoms with Gasteiger partial charge in [-0.25, -0.2) is 0 Å². The first-order chi connectivity index (χ1) is 13.8. The van der Waals surface area contributed by atoms with Crippen LogP contribution >= 0.6 is 50.9 Å². The van der Waals surface area contributed by atoms with Crippen molar-refractivity contribution >= 4 is 62.6 Å². The molecule has 0 aliphatic carbocycles. The van der Waals surface area contributed by atoms with Crippen LogP contribution in [0, 0.1) is 0 Å². The molecule has 1 N–H and O–H groups in total. The van der Waals surface area contributed by atoms with E-state index in [0.717, 1.165) is 4.47 Å². The maximum absolute atomic E-state index is 12.3. The van der Waals surface area contributed by atoms with Crippen LogP contribution < -0.4 is 5.32 Å². The fraction of sp³-hybridized carbons (Fsp3) is 0.158. The van der Waals surface area contributed by atoms with Crippen molar-refractivity contribution in [1.82, 2.24) is 20.1 Å². The second kappa shape index (κ2) is 9.75. The molecule has 0 bridgehead atoms. The predicted octanol–water partition coefficient (Wildman–Crippen LogP) is 4.79. The van der Waals surface area contributed by atoms with E-state index >= 15 is 0 Å². The number of ketones is 1. The molecule has 10 heteroatoms. The number of nitrogens with one attached hydrogen (secondary N) is 1. The van der Waals surface area contributed by atoms with Gasteiger partial charge in [0.2, 0.25) is 0 Å². The minimum Gasteiger partial charge on any atom is -0.345 e. The van der Waals surface area contributed by atoms with E-state index in [9.17, 15) is 9.59 Å². The van der Waals surface area contributed by atoms with Gasteiger partial charge in [-0.05, 0) is 30.3 Å². The van der Waals surface area contributed by atoms with Crippen LogP contribution in [0.3, 0.4) is 0 Å². The number of hydrogen-bond donors (Lipinski definition) is 1. The van der Waals surface area contributed by atoms with Gasteiger partial charge in [-0.3, -0.25) is 9.59 Å². The Hall–Kier alpha value is -1.87. The van der Waals surface area contributed by atoms with Crippen molar-refractivity contribution in [2.75, 3.05) is 5.75 Å². The molecule has 0 unspecified atom stereocenters. The van der Waals surface area contributed by atoms with Crippen molar-refractivity contribution in [3.05, 3.63) is 73.9 Å². The Kier molecular flexibility index (Phi) is 7.34. The van der Waals surface area contributed by atoms with Crippen molar-refractivity contribution in [2.45, 2.75) is 11.7 Å². The number of halogens is 3. The molecule has 1 amide bonds. The van der Waals surface area contributed by atoms with Gasteiger partial charge in [0.15, 0.2) is 16.8 Å². The van der Waals surface area contributed by atoms with E-state index in [1.54, 1.807) is 35.9 Å². The lowest BCUT2D eigenvalue weighted by Crippen LogP contribution is -2.24. The Labute approximate surface area is 190 Å². The van der Waals surface area contributed by atoms with E-state index in [1.807, 2.05) is 12.1 Å². The molecule has 0 spiro atoms. The van der Waals surface area contributed by atoms with Gasteiger partial charge in [0.25, 0.3) is 5.91 Å². The molecule has 3 aromatic rings. The topological polar surface area (TPSA) is 76.9 Å². The number of aromatic nitrogens is 3. The molecule has 0 aliphatic rings. The molecule has 29 heavy (non-hydrogen) atoms. The fourth-order valence-electron chi connectivity index (χ4n) is 2.37. The molecule has 0 saturated carbocycles. The summed E-state index contributed by atoms with van der Waals surface area (Å²) >= 11 is 16.5. The highest BCUT2D eigenvalue weighted by Gasteiger charge is 2.14. The van der Waals surface area contributed by atoms with Gasteiger partial charge in [-0.15, -0.1) is 10.2 Å². The van der Waals surface area contributed by atoms with Crippen LogP contribution in [-0.4, -0.2) is 32.2 Å². The lowest BCUT2D eigenvalue weighted by Gasteiger charge is -2.07. The normalized spacial score (nSPS) is 10.8. The summed E-state index contributed by atoms with van der Waals surface area (Å²) < 4.78 is 2.66. The number of rotatable bonds is 7. The number of hydrogen-bond acceptors (Lipinski definition) is 5. The highest BCUT2D eigenvalue weighted by atomic mass is 79.9. The van der Waals surface area contributed by atoms with Gasteiger partial charge in [0.1, 0.15) is 0 Å². The molecule has 0 saturated heterocycles. The van der Waals surface area contributed by atoms with Gasteiger partial charge in [0, 0.05) is 22.6 Å². The molecule has 0 aliphatic heterocycles. The van der Waals surface area contributed by atoms with E-state index in [0.29, 0.717) is 32.2 Å². The zero-order valence-electron chi connectivity index (χ0n) is 15.2. The Morgan fingerprint density at radius 3 is 2.45 bits per heavy atom. The first kappa shape index (κ1) is 21.8. The van der Waals surface area contributed by atoms with Crippen molar-refractivity contribution in [3.8, 4) is 0 Å². The number of nitrogens with zero attached hydrogens (tertiary/aromatic N) is 3. The molecule has 150 valence electrons. The number of Topliss-reactive ketones (excluding diaryl/α,β-unsaturated/α-hetero) is 1. The van der Waals surface area contributed by atoms with Crippen LogP contribution in [0.5, 0.6) is 0 Å². The molecule has 2 aromatic carbocycles. The SMILES string of the molecule is Cn1c(CNC(=O)c2ccc(Cl)c(Cl)c2)nnc1SCC(=O)c1ccc(Br)cc1. The molecular formula is C19H15BrCl2N4O2S. The largest absolute Gasteiger partial charge is 0.345 e. The van der Waals surface area contributed by atoms with E-state index in [1.165, 1.54) is 17.8 Å². The second-order valence-corrected chi connectivity index (χ2v) is 8.66. The zero-order chi connectivity index (χ0) is 21.0. The number of carbonyl (C=O) groups excluding carboxylic acids is 2. The fourth-order valence-corrected chi connectivity index (χ4v) is 3.76. The van der Waals surface area contributed by atoms with Gasteiger partial charge in [0.05, 0.1) is 22.3 Å². The first-order valence-corrected chi connectivity index (χ1v) is 10.9. The summed E-state index contributed by atoms with van der Waals surface area (Å²) in [5.41, 5.74) is 1.04. The molecular weight excluding hydrogens is 499 g/mol.